The van der Waals surface area contributed by atoms with E-state index in [1.807, 2.05) is 23.9 Å². The zero-order valence-electron chi connectivity index (χ0n) is 6.99. The van der Waals surface area contributed by atoms with E-state index in [9.17, 15) is 0 Å². The lowest BCUT2D eigenvalue weighted by atomic mass is 10.3. The molecule has 1 N–H and O–H groups in total. The number of nitrogens with zero attached hydrogens (tertiary/aromatic N) is 2. The Hall–Kier alpha value is -0.830. The molecular formula is C8H14N2O. The summed E-state index contributed by atoms with van der Waals surface area (Å²) >= 11 is 0. The Bertz CT molecular complexity index is 218. The Labute approximate surface area is 66.7 Å². The maximum absolute atomic E-state index is 8.98. The zero-order valence-corrected chi connectivity index (χ0v) is 6.99. The van der Waals surface area contributed by atoms with Crippen molar-refractivity contribution < 1.29 is 5.11 Å². The maximum Gasteiger partial charge on any atom is 0.0593 e. The summed E-state index contributed by atoms with van der Waals surface area (Å²) in [6.07, 6.45) is 2.46. The highest BCUT2D eigenvalue weighted by Crippen LogP contribution is 1.96. The summed E-state index contributed by atoms with van der Waals surface area (Å²) < 4.78 is 1.85. The number of aliphatic hydroxyl groups is 1. The standard InChI is InChI=1S/C8H14N2O/c1-7-3-5-10(9-7)6-4-8(2)11/h3,5,8,11H,4,6H2,1-2H3/t8-/m1/s1. The minimum absolute atomic E-state index is 0.237. The van der Waals surface area contributed by atoms with Gasteiger partial charge in [-0.05, 0) is 26.3 Å². The van der Waals surface area contributed by atoms with E-state index in [0.29, 0.717) is 0 Å². The normalized spacial score (nSPS) is 13.4. The Kier molecular flexibility index (Phi) is 2.65. The number of hydrogen-bond donors (Lipinski definition) is 1. The second kappa shape index (κ2) is 3.53. The molecule has 3 nitrogen and oxygen atoms in total. The molecule has 0 radical (unpaired) electrons. The van der Waals surface area contributed by atoms with Crippen molar-refractivity contribution in [2.45, 2.75) is 32.9 Å². The molecule has 0 aromatic carbocycles. The fourth-order valence-corrected chi connectivity index (χ4v) is 0.907. The van der Waals surface area contributed by atoms with Gasteiger partial charge in [0.2, 0.25) is 0 Å². The van der Waals surface area contributed by atoms with Crippen LogP contribution in [0.2, 0.25) is 0 Å². The van der Waals surface area contributed by atoms with Crippen molar-refractivity contribution >= 4 is 0 Å². The van der Waals surface area contributed by atoms with Crippen LogP contribution < -0.4 is 0 Å². The molecule has 0 amide bonds. The van der Waals surface area contributed by atoms with E-state index in [4.69, 9.17) is 5.11 Å². The molecule has 1 rings (SSSR count). The van der Waals surface area contributed by atoms with Crippen LogP contribution >= 0.6 is 0 Å². The van der Waals surface area contributed by atoms with E-state index < -0.39 is 0 Å². The molecule has 0 aliphatic rings. The lowest BCUT2D eigenvalue weighted by Crippen LogP contribution is -2.07. The van der Waals surface area contributed by atoms with Crippen molar-refractivity contribution in [3.8, 4) is 0 Å². The summed E-state index contributed by atoms with van der Waals surface area (Å²) in [4.78, 5) is 0. The molecular weight excluding hydrogens is 140 g/mol. The molecule has 0 bridgehead atoms. The van der Waals surface area contributed by atoms with E-state index in [1.165, 1.54) is 0 Å². The van der Waals surface area contributed by atoms with Crippen LogP contribution in [0.5, 0.6) is 0 Å². The van der Waals surface area contributed by atoms with E-state index in [0.717, 1.165) is 18.7 Å². The van der Waals surface area contributed by atoms with Gasteiger partial charge in [-0.1, -0.05) is 0 Å². The molecule has 0 aliphatic carbocycles. The largest absolute Gasteiger partial charge is 0.393 e. The Morgan fingerprint density at radius 3 is 2.91 bits per heavy atom. The minimum Gasteiger partial charge on any atom is -0.393 e. The van der Waals surface area contributed by atoms with Gasteiger partial charge in [0.05, 0.1) is 11.8 Å². The second-order valence-electron chi connectivity index (χ2n) is 2.86. The van der Waals surface area contributed by atoms with Crippen LogP contribution in [-0.4, -0.2) is 21.0 Å². The highest BCUT2D eigenvalue weighted by molar-refractivity contribution is 4.94. The molecule has 1 aromatic rings. The zero-order chi connectivity index (χ0) is 8.27. The van der Waals surface area contributed by atoms with Gasteiger partial charge in [-0.15, -0.1) is 0 Å². The number of rotatable bonds is 3. The topological polar surface area (TPSA) is 38.0 Å². The molecule has 0 saturated heterocycles. The molecule has 0 aliphatic heterocycles. The lowest BCUT2D eigenvalue weighted by molar-refractivity contribution is 0.176. The van der Waals surface area contributed by atoms with Gasteiger partial charge in [0.15, 0.2) is 0 Å². The molecule has 11 heavy (non-hydrogen) atoms. The van der Waals surface area contributed by atoms with Gasteiger partial charge in [-0.3, -0.25) is 4.68 Å². The molecule has 62 valence electrons. The maximum atomic E-state index is 8.98. The van der Waals surface area contributed by atoms with Gasteiger partial charge in [-0.2, -0.15) is 5.10 Å². The molecule has 0 unspecified atom stereocenters. The average molecular weight is 154 g/mol. The fraction of sp³-hybridized carbons (Fsp3) is 0.625. The molecule has 0 fully saturated rings. The van der Waals surface area contributed by atoms with Crippen LogP contribution in [0.4, 0.5) is 0 Å². The van der Waals surface area contributed by atoms with Crippen LogP contribution in [0.3, 0.4) is 0 Å². The first kappa shape index (κ1) is 8.27. The van der Waals surface area contributed by atoms with Crippen LogP contribution in [0.15, 0.2) is 12.3 Å². The van der Waals surface area contributed by atoms with Crippen LogP contribution in [0, 0.1) is 6.92 Å². The van der Waals surface area contributed by atoms with E-state index in [-0.39, 0.29) is 6.10 Å². The van der Waals surface area contributed by atoms with Gasteiger partial charge in [0.1, 0.15) is 0 Å². The fourth-order valence-electron chi connectivity index (χ4n) is 0.907. The highest BCUT2D eigenvalue weighted by atomic mass is 16.3. The van der Waals surface area contributed by atoms with E-state index >= 15 is 0 Å². The number of aryl methyl sites for hydroxylation is 2. The van der Waals surface area contributed by atoms with Crippen LogP contribution in [-0.2, 0) is 6.54 Å². The molecule has 1 aromatic heterocycles. The van der Waals surface area contributed by atoms with Crippen molar-refractivity contribution in [3.63, 3.8) is 0 Å². The summed E-state index contributed by atoms with van der Waals surface area (Å²) in [5.74, 6) is 0. The van der Waals surface area contributed by atoms with Gasteiger partial charge < -0.3 is 5.11 Å². The monoisotopic (exact) mass is 154 g/mol. The predicted molar refractivity (Wildman–Crippen MR) is 43.3 cm³/mol. The molecule has 1 atom stereocenters. The minimum atomic E-state index is -0.237. The van der Waals surface area contributed by atoms with Crippen LogP contribution in [0.25, 0.3) is 0 Å². The summed E-state index contributed by atoms with van der Waals surface area (Å²) in [5.41, 5.74) is 1.02. The molecule has 0 saturated carbocycles. The van der Waals surface area contributed by atoms with Gasteiger partial charge >= 0.3 is 0 Å². The van der Waals surface area contributed by atoms with Crippen molar-refractivity contribution in [2.24, 2.45) is 0 Å². The first-order chi connectivity index (χ1) is 5.18. The van der Waals surface area contributed by atoms with Crippen molar-refractivity contribution in [3.05, 3.63) is 18.0 Å². The Morgan fingerprint density at radius 1 is 1.73 bits per heavy atom. The third-order valence-corrected chi connectivity index (χ3v) is 1.55. The first-order valence-electron chi connectivity index (χ1n) is 3.86. The molecule has 1 heterocycles. The molecule has 3 heteroatoms. The smallest absolute Gasteiger partial charge is 0.0593 e. The van der Waals surface area contributed by atoms with Crippen molar-refractivity contribution in [1.29, 1.82) is 0 Å². The van der Waals surface area contributed by atoms with E-state index in [2.05, 4.69) is 5.10 Å². The Morgan fingerprint density at radius 2 is 2.45 bits per heavy atom. The van der Waals surface area contributed by atoms with E-state index in [1.54, 1.807) is 6.92 Å². The van der Waals surface area contributed by atoms with Crippen molar-refractivity contribution in [2.75, 3.05) is 0 Å². The second-order valence-corrected chi connectivity index (χ2v) is 2.86. The first-order valence-corrected chi connectivity index (χ1v) is 3.86. The third kappa shape index (κ3) is 2.72. The highest BCUT2D eigenvalue weighted by Gasteiger charge is 1.97. The van der Waals surface area contributed by atoms with Gasteiger partial charge in [0, 0.05) is 12.7 Å². The third-order valence-electron chi connectivity index (χ3n) is 1.55. The molecule has 0 spiro atoms. The SMILES string of the molecule is Cc1ccn(CC[C@@H](C)O)n1. The average Bonchev–Trinajstić information content (AvgIpc) is 2.31. The predicted octanol–water partition coefficient (Wildman–Crippen LogP) is 0.962. The summed E-state index contributed by atoms with van der Waals surface area (Å²) in [7, 11) is 0. The van der Waals surface area contributed by atoms with Crippen molar-refractivity contribution in [1.82, 2.24) is 9.78 Å². The quantitative estimate of drug-likeness (QED) is 0.704. The Balaban J connectivity index is 2.39. The summed E-state index contributed by atoms with van der Waals surface area (Å²) in [6, 6.07) is 1.96. The summed E-state index contributed by atoms with van der Waals surface area (Å²) in [5, 5.41) is 13.2. The number of aromatic nitrogens is 2. The van der Waals surface area contributed by atoms with Gasteiger partial charge in [-0.25, -0.2) is 0 Å². The summed E-state index contributed by atoms with van der Waals surface area (Å²) in [6.45, 7) is 4.54. The number of aliphatic hydroxyl groups excluding tert-OH is 1. The number of hydrogen-bond acceptors (Lipinski definition) is 2. The lowest BCUT2D eigenvalue weighted by Gasteiger charge is -2.02. The van der Waals surface area contributed by atoms with Crippen LogP contribution in [0.1, 0.15) is 19.0 Å². The van der Waals surface area contributed by atoms with Gasteiger partial charge in [0.25, 0.3) is 0 Å².